The predicted molar refractivity (Wildman–Crippen MR) is 85.9 cm³/mol. The van der Waals surface area contributed by atoms with Crippen LogP contribution in [-0.2, 0) is 10.1 Å². The summed E-state index contributed by atoms with van der Waals surface area (Å²) in [6, 6.07) is 6.73. The molecule has 0 amide bonds. The molecule has 8 heteroatoms. The van der Waals surface area contributed by atoms with Gasteiger partial charge < -0.3 is 13.7 Å². The summed E-state index contributed by atoms with van der Waals surface area (Å²) < 4.78 is 53.3. The van der Waals surface area contributed by atoms with E-state index in [2.05, 4.69) is 6.58 Å². The highest BCUT2D eigenvalue weighted by atomic mass is 32.2. The Morgan fingerprint density at radius 1 is 1.16 bits per heavy atom. The Morgan fingerprint density at radius 2 is 1.76 bits per heavy atom. The van der Waals surface area contributed by atoms with Crippen LogP contribution in [0.15, 0.2) is 53.4 Å². The molecule has 0 aromatic heterocycles. The van der Waals surface area contributed by atoms with E-state index in [1.54, 1.807) is 0 Å². The SMILES string of the molecule is C=C(C)C(=O)c1cc2c(cc1OS(=O)(=O)c1ccc(F)cc1)OCO2. The van der Waals surface area contributed by atoms with E-state index >= 15 is 0 Å². The van der Waals surface area contributed by atoms with Crippen LogP contribution in [0, 0.1) is 5.82 Å². The van der Waals surface area contributed by atoms with Gasteiger partial charge in [-0.1, -0.05) is 6.58 Å². The average molecular weight is 364 g/mol. The van der Waals surface area contributed by atoms with Crippen LogP contribution in [0.5, 0.6) is 17.2 Å². The fourth-order valence-corrected chi connectivity index (χ4v) is 3.11. The van der Waals surface area contributed by atoms with Gasteiger partial charge in [0, 0.05) is 6.07 Å². The topological polar surface area (TPSA) is 78.9 Å². The first-order chi connectivity index (χ1) is 11.8. The zero-order valence-corrected chi connectivity index (χ0v) is 13.9. The molecule has 0 unspecified atom stereocenters. The molecule has 3 rings (SSSR count). The first kappa shape index (κ1) is 17.0. The Hall–Kier alpha value is -2.87. The second-order valence-corrected chi connectivity index (χ2v) is 6.85. The van der Waals surface area contributed by atoms with Gasteiger partial charge in [0.25, 0.3) is 0 Å². The zero-order chi connectivity index (χ0) is 18.2. The second kappa shape index (κ2) is 6.21. The summed E-state index contributed by atoms with van der Waals surface area (Å²) in [6.45, 7) is 5.00. The first-order valence-corrected chi connectivity index (χ1v) is 8.52. The fraction of sp³-hybridized carbons (Fsp3) is 0.118. The van der Waals surface area contributed by atoms with Gasteiger partial charge in [-0.3, -0.25) is 4.79 Å². The van der Waals surface area contributed by atoms with E-state index in [1.165, 1.54) is 19.1 Å². The summed E-state index contributed by atoms with van der Waals surface area (Å²) in [5.74, 6) is -0.747. The van der Waals surface area contributed by atoms with Crippen molar-refractivity contribution in [2.45, 2.75) is 11.8 Å². The number of ketones is 1. The Kier molecular flexibility index (Phi) is 4.22. The van der Waals surface area contributed by atoms with Gasteiger partial charge in [0.2, 0.25) is 6.79 Å². The van der Waals surface area contributed by atoms with Gasteiger partial charge in [-0.2, -0.15) is 8.42 Å². The predicted octanol–water partition coefficient (Wildman–Crippen LogP) is 3.08. The third-order valence-corrected chi connectivity index (χ3v) is 4.66. The van der Waals surface area contributed by atoms with Crippen LogP contribution in [0.4, 0.5) is 4.39 Å². The highest BCUT2D eigenvalue weighted by Crippen LogP contribution is 2.39. The molecular formula is C17H13FO6S. The van der Waals surface area contributed by atoms with Crippen LogP contribution in [-0.4, -0.2) is 21.0 Å². The molecule has 0 saturated carbocycles. The summed E-state index contributed by atoms with van der Waals surface area (Å²) in [5, 5.41) is 0. The largest absolute Gasteiger partial charge is 0.454 e. The molecule has 0 bridgehead atoms. The van der Waals surface area contributed by atoms with Crippen LogP contribution < -0.4 is 13.7 Å². The maximum absolute atomic E-state index is 13.0. The van der Waals surface area contributed by atoms with Crippen LogP contribution >= 0.6 is 0 Å². The van der Waals surface area contributed by atoms with Gasteiger partial charge in [0.15, 0.2) is 23.0 Å². The molecule has 1 aliphatic heterocycles. The highest BCUT2D eigenvalue weighted by Gasteiger charge is 2.26. The molecular weight excluding hydrogens is 351 g/mol. The Bertz CT molecular complexity index is 963. The highest BCUT2D eigenvalue weighted by molar-refractivity contribution is 7.87. The van der Waals surface area contributed by atoms with Gasteiger partial charge in [0.05, 0.1) is 5.56 Å². The number of benzene rings is 2. The van der Waals surface area contributed by atoms with E-state index in [0.717, 1.165) is 24.3 Å². The monoisotopic (exact) mass is 364 g/mol. The summed E-state index contributed by atoms with van der Waals surface area (Å²) >= 11 is 0. The van der Waals surface area contributed by atoms with E-state index in [1.807, 2.05) is 0 Å². The van der Waals surface area contributed by atoms with Crippen LogP contribution in [0.2, 0.25) is 0 Å². The molecule has 130 valence electrons. The minimum Gasteiger partial charge on any atom is -0.454 e. The third kappa shape index (κ3) is 3.34. The van der Waals surface area contributed by atoms with Crippen LogP contribution in [0.1, 0.15) is 17.3 Å². The minimum atomic E-state index is -4.27. The lowest BCUT2D eigenvalue weighted by Crippen LogP contribution is -2.13. The second-order valence-electron chi connectivity index (χ2n) is 5.30. The fourth-order valence-electron chi connectivity index (χ4n) is 2.17. The van der Waals surface area contributed by atoms with Crippen molar-refractivity contribution in [1.29, 1.82) is 0 Å². The lowest BCUT2D eigenvalue weighted by Gasteiger charge is -2.12. The molecule has 0 N–H and O–H groups in total. The number of rotatable bonds is 5. The maximum Gasteiger partial charge on any atom is 0.339 e. The minimum absolute atomic E-state index is 0.0255. The van der Waals surface area contributed by atoms with E-state index in [0.29, 0.717) is 5.75 Å². The van der Waals surface area contributed by atoms with Crippen LogP contribution in [0.25, 0.3) is 0 Å². The van der Waals surface area contributed by atoms with Crippen molar-refractivity contribution < 1.29 is 31.3 Å². The average Bonchev–Trinajstić information content (AvgIpc) is 3.00. The van der Waals surface area contributed by atoms with E-state index < -0.39 is 21.7 Å². The number of halogens is 1. The Labute approximate surface area is 143 Å². The van der Waals surface area contributed by atoms with Crippen molar-refractivity contribution in [3.8, 4) is 17.2 Å². The molecule has 0 spiro atoms. The number of carbonyl (C=O) groups excluding carboxylic acids is 1. The Balaban J connectivity index is 2.05. The molecule has 25 heavy (non-hydrogen) atoms. The summed E-state index contributed by atoms with van der Waals surface area (Å²) in [6.07, 6.45) is 0. The van der Waals surface area contributed by atoms with Gasteiger partial charge >= 0.3 is 10.1 Å². The number of carbonyl (C=O) groups is 1. The molecule has 0 fully saturated rings. The van der Waals surface area contributed by atoms with Gasteiger partial charge in [-0.15, -0.1) is 0 Å². The zero-order valence-electron chi connectivity index (χ0n) is 13.1. The van der Waals surface area contributed by atoms with Crippen molar-refractivity contribution in [3.05, 3.63) is 59.9 Å². The maximum atomic E-state index is 13.0. The molecule has 0 radical (unpaired) electrons. The van der Waals surface area contributed by atoms with Gasteiger partial charge in [-0.05, 0) is 42.8 Å². The summed E-state index contributed by atoms with van der Waals surface area (Å²) in [7, 11) is -4.27. The number of ether oxygens (including phenoxy) is 2. The quantitative estimate of drug-likeness (QED) is 0.461. The van der Waals surface area contributed by atoms with Gasteiger partial charge in [-0.25, -0.2) is 4.39 Å². The van der Waals surface area contributed by atoms with E-state index in [-0.39, 0.29) is 34.3 Å². The summed E-state index contributed by atoms with van der Waals surface area (Å²) in [5.41, 5.74) is 0.172. The third-order valence-electron chi connectivity index (χ3n) is 3.41. The van der Waals surface area contributed by atoms with Crippen molar-refractivity contribution in [1.82, 2.24) is 0 Å². The summed E-state index contributed by atoms with van der Waals surface area (Å²) in [4.78, 5) is 12.1. The molecule has 0 saturated heterocycles. The van der Waals surface area contributed by atoms with E-state index in [4.69, 9.17) is 13.7 Å². The molecule has 6 nitrogen and oxygen atoms in total. The van der Waals surface area contributed by atoms with Crippen molar-refractivity contribution >= 4 is 15.9 Å². The molecule has 1 aliphatic rings. The number of Topliss-reactive ketones (excluding diaryl/α,β-unsaturated/α-hetero) is 1. The van der Waals surface area contributed by atoms with E-state index in [9.17, 15) is 17.6 Å². The lowest BCUT2D eigenvalue weighted by molar-refractivity contribution is 0.103. The number of hydrogen-bond acceptors (Lipinski definition) is 6. The molecule has 2 aromatic carbocycles. The number of fused-ring (bicyclic) bond motifs is 1. The normalized spacial score (nSPS) is 12.7. The molecule has 2 aromatic rings. The Morgan fingerprint density at radius 3 is 2.36 bits per heavy atom. The first-order valence-electron chi connectivity index (χ1n) is 7.12. The van der Waals surface area contributed by atoms with Crippen LogP contribution in [0.3, 0.4) is 0 Å². The number of allylic oxidation sites excluding steroid dienone is 1. The molecule has 1 heterocycles. The van der Waals surface area contributed by atoms with Gasteiger partial charge in [0.1, 0.15) is 10.7 Å². The number of hydrogen-bond donors (Lipinski definition) is 0. The van der Waals surface area contributed by atoms with Crippen molar-refractivity contribution in [2.24, 2.45) is 0 Å². The molecule has 0 atom stereocenters. The smallest absolute Gasteiger partial charge is 0.339 e. The lowest BCUT2D eigenvalue weighted by atomic mass is 10.0. The van der Waals surface area contributed by atoms with Crippen molar-refractivity contribution in [2.75, 3.05) is 6.79 Å². The van der Waals surface area contributed by atoms with Crippen molar-refractivity contribution in [3.63, 3.8) is 0 Å². The molecule has 0 aliphatic carbocycles. The standard InChI is InChI=1S/C17H13FO6S/c1-10(2)17(19)13-7-15-16(23-9-22-15)8-14(13)24-25(20,21)12-5-3-11(18)4-6-12/h3-8H,1,9H2,2H3.